The molecule has 0 aromatic heterocycles. The van der Waals surface area contributed by atoms with Gasteiger partial charge < -0.3 is 20.1 Å². The molecule has 2 N–H and O–H groups in total. The van der Waals surface area contributed by atoms with Crippen molar-refractivity contribution in [1.29, 1.82) is 5.26 Å². The van der Waals surface area contributed by atoms with E-state index in [0.29, 0.717) is 5.56 Å². The lowest BCUT2D eigenvalue weighted by Gasteiger charge is -2.41. The number of esters is 1. The molecular weight excluding hydrogens is 468 g/mol. The van der Waals surface area contributed by atoms with Crippen molar-refractivity contribution < 1.29 is 19.1 Å². The molecule has 0 bridgehead atoms. The summed E-state index contributed by atoms with van der Waals surface area (Å²) in [7, 11) is 0. The molecule has 0 radical (unpaired) electrons. The Morgan fingerprint density at radius 3 is 2.57 bits per heavy atom. The monoisotopic (exact) mass is 502 g/mol. The van der Waals surface area contributed by atoms with Crippen LogP contribution in [0.4, 0.5) is 5.69 Å². The first kappa shape index (κ1) is 25.1. The summed E-state index contributed by atoms with van der Waals surface area (Å²) in [6.07, 6.45) is 5.76. The van der Waals surface area contributed by atoms with Crippen LogP contribution in [0.1, 0.15) is 63.6 Å². The molecule has 4 aliphatic rings. The lowest BCUT2D eigenvalue weighted by molar-refractivity contribution is -0.141. The highest BCUT2D eigenvalue weighted by Crippen LogP contribution is 2.60. The van der Waals surface area contributed by atoms with Gasteiger partial charge in [-0.1, -0.05) is 24.6 Å². The second kappa shape index (κ2) is 8.77. The zero-order valence-corrected chi connectivity index (χ0v) is 22.2. The number of amides is 1. The molecule has 1 spiro atoms. The molecule has 1 saturated heterocycles. The first-order valence-electron chi connectivity index (χ1n) is 13.0. The number of carbonyl (C=O) groups is 2. The van der Waals surface area contributed by atoms with Crippen molar-refractivity contribution in [3.63, 3.8) is 0 Å². The number of hydrogen-bond acceptors (Lipinski definition) is 7. The zero-order valence-electron chi connectivity index (χ0n) is 22.2. The van der Waals surface area contributed by atoms with E-state index in [2.05, 4.69) is 23.1 Å². The van der Waals surface area contributed by atoms with Gasteiger partial charge in [0.25, 0.3) is 0 Å². The van der Waals surface area contributed by atoms with E-state index in [1.165, 1.54) is 19.3 Å². The topological polar surface area (TPSA) is 109 Å². The van der Waals surface area contributed by atoms with Crippen LogP contribution in [0.25, 0.3) is 5.57 Å². The highest BCUT2D eigenvalue weighted by Gasteiger charge is 2.65. The number of ether oxygens (including phenoxy) is 2. The third-order valence-corrected chi connectivity index (χ3v) is 8.00. The average Bonchev–Trinajstić information content (AvgIpc) is 3.10. The summed E-state index contributed by atoms with van der Waals surface area (Å²) in [6.45, 7) is 12.2. The molecule has 0 aliphatic carbocycles. The van der Waals surface area contributed by atoms with Crippen molar-refractivity contribution in [2.24, 2.45) is 5.73 Å². The van der Waals surface area contributed by atoms with Gasteiger partial charge in [0.05, 0.1) is 17.8 Å². The van der Waals surface area contributed by atoms with Crippen molar-refractivity contribution >= 4 is 23.1 Å². The zero-order chi connectivity index (χ0) is 26.7. The standard InChI is InChI=1S/C29H34N4O4/c1-6-36-26(34)23-18(3)37-25(31)21(15-30)29(23)22-17(2)10-11-20-19(16-32-12-8-7-9-13-32)14-28(4,5)33(24(20)22)27(29)35/h10-11,14H,6-9,12-13,16,31H2,1-5H3. The molecular formula is C29H34N4O4. The van der Waals surface area contributed by atoms with E-state index < -0.39 is 16.9 Å². The summed E-state index contributed by atoms with van der Waals surface area (Å²) in [5, 5.41) is 10.3. The number of nitrogens with two attached hydrogens (primary N) is 1. The Hall–Kier alpha value is -3.57. The fraction of sp³-hybridized carbons (Fsp3) is 0.483. The maximum Gasteiger partial charge on any atom is 0.339 e. The quantitative estimate of drug-likeness (QED) is 0.624. The lowest BCUT2D eigenvalue weighted by atomic mass is 9.66. The number of fused-ring (bicyclic) bond motifs is 1. The maximum absolute atomic E-state index is 14.7. The van der Waals surface area contributed by atoms with Gasteiger partial charge in [-0.25, -0.2) is 4.79 Å². The summed E-state index contributed by atoms with van der Waals surface area (Å²) < 4.78 is 11.1. The number of anilines is 1. The number of nitrogens with zero attached hydrogens (tertiary/aromatic N) is 3. The van der Waals surface area contributed by atoms with Gasteiger partial charge in [-0.2, -0.15) is 5.26 Å². The van der Waals surface area contributed by atoms with Gasteiger partial charge in [-0.15, -0.1) is 0 Å². The molecule has 1 aromatic rings. The Bertz CT molecular complexity index is 1340. The Morgan fingerprint density at radius 1 is 1.22 bits per heavy atom. The van der Waals surface area contributed by atoms with Gasteiger partial charge in [0.1, 0.15) is 23.0 Å². The summed E-state index contributed by atoms with van der Waals surface area (Å²) in [5.74, 6) is -1.08. The average molecular weight is 503 g/mol. The van der Waals surface area contributed by atoms with E-state index in [-0.39, 0.29) is 35.3 Å². The van der Waals surface area contributed by atoms with E-state index in [4.69, 9.17) is 15.2 Å². The van der Waals surface area contributed by atoms with E-state index >= 15 is 0 Å². The van der Waals surface area contributed by atoms with Crippen molar-refractivity contribution in [1.82, 2.24) is 4.90 Å². The molecule has 8 heteroatoms. The van der Waals surface area contributed by atoms with Gasteiger partial charge in [-0.3, -0.25) is 9.69 Å². The van der Waals surface area contributed by atoms with Crippen LogP contribution in [-0.2, 0) is 24.5 Å². The number of carbonyl (C=O) groups excluding carboxylic acids is 2. The highest BCUT2D eigenvalue weighted by atomic mass is 16.5. The SMILES string of the molecule is CCOC(=O)C1=C(C)OC(N)=C(C#N)C12C(=O)N1c3c(ccc(C)c32)C(CN2CCCCC2)=CC1(C)C. The maximum atomic E-state index is 14.7. The Balaban J connectivity index is 1.81. The van der Waals surface area contributed by atoms with Crippen LogP contribution >= 0.6 is 0 Å². The van der Waals surface area contributed by atoms with Crippen LogP contribution in [0.5, 0.6) is 0 Å². The molecule has 1 fully saturated rings. The van der Waals surface area contributed by atoms with Crippen LogP contribution in [0.3, 0.4) is 0 Å². The minimum Gasteiger partial charge on any atom is -0.462 e. The predicted molar refractivity (Wildman–Crippen MR) is 140 cm³/mol. The Kier molecular flexibility index (Phi) is 5.95. The van der Waals surface area contributed by atoms with E-state index in [1.807, 2.05) is 26.8 Å². The van der Waals surface area contributed by atoms with E-state index in [1.54, 1.807) is 18.7 Å². The fourth-order valence-corrected chi connectivity index (χ4v) is 6.58. The number of likely N-dealkylation sites (tertiary alicyclic amines) is 1. The van der Waals surface area contributed by atoms with Crippen molar-refractivity contribution in [3.05, 3.63) is 57.7 Å². The Morgan fingerprint density at radius 2 is 1.92 bits per heavy atom. The molecule has 0 saturated carbocycles. The largest absolute Gasteiger partial charge is 0.462 e. The molecule has 4 aliphatic heterocycles. The van der Waals surface area contributed by atoms with E-state index in [0.717, 1.165) is 42.0 Å². The third kappa shape index (κ3) is 3.44. The molecule has 1 atom stereocenters. The molecule has 1 unspecified atom stereocenters. The number of aryl methyl sites for hydroxylation is 1. The fourth-order valence-electron chi connectivity index (χ4n) is 6.58. The first-order chi connectivity index (χ1) is 17.6. The minimum atomic E-state index is -1.74. The second-order valence-corrected chi connectivity index (χ2v) is 10.8. The normalized spacial score (nSPS) is 24.6. The summed E-state index contributed by atoms with van der Waals surface area (Å²) >= 11 is 0. The van der Waals surface area contributed by atoms with Crippen LogP contribution in [-0.4, -0.2) is 48.6 Å². The smallest absolute Gasteiger partial charge is 0.339 e. The van der Waals surface area contributed by atoms with E-state index in [9.17, 15) is 14.9 Å². The molecule has 1 amide bonds. The second-order valence-electron chi connectivity index (χ2n) is 10.8. The van der Waals surface area contributed by atoms with Crippen LogP contribution in [0.2, 0.25) is 0 Å². The Labute approximate surface area is 218 Å². The van der Waals surface area contributed by atoms with Gasteiger partial charge in [0.2, 0.25) is 11.8 Å². The summed E-state index contributed by atoms with van der Waals surface area (Å²) in [5.41, 5.74) is 7.98. The number of piperidine rings is 1. The highest BCUT2D eigenvalue weighted by molar-refractivity contribution is 6.21. The third-order valence-electron chi connectivity index (χ3n) is 8.00. The van der Waals surface area contributed by atoms with Gasteiger partial charge in [0, 0.05) is 17.7 Å². The number of hydrogen-bond donors (Lipinski definition) is 1. The number of rotatable bonds is 4. The molecule has 4 heterocycles. The lowest BCUT2D eigenvalue weighted by Crippen LogP contribution is -2.54. The summed E-state index contributed by atoms with van der Waals surface area (Å²) in [4.78, 5) is 32.4. The molecule has 1 aromatic carbocycles. The van der Waals surface area contributed by atoms with Crippen molar-refractivity contribution in [2.75, 3.05) is 31.1 Å². The van der Waals surface area contributed by atoms with Gasteiger partial charge in [0.15, 0.2) is 5.41 Å². The van der Waals surface area contributed by atoms with Crippen LogP contribution in [0.15, 0.2) is 41.0 Å². The van der Waals surface area contributed by atoms with Crippen molar-refractivity contribution in [3.8, 4) is 6.07 Å². The van der Waals surface area contributed by atoms with Crippen LogP contribution < -0.4 is 10.6 Å². The van der Waals surface area contributed by atoms with Crippen molar-refractivity contribution in [2.45, 2.75) is 64.8 Å². The first-order valence-corrected chi connectivity index (χ1v) is 13.0. The molecule has 37 heavy (non-hydrogen) atoms. The molecule has 194 valence electrons. The van der Waals surface area contributed by atoms with Gasteiger partial charge in [-0.05, 0) is 71.7 Å². The number of benzene rings is 1. The van der Waals surface area contributed by atoms with Gasteiger partial charge >= 0.3 is 5.97 Å². The number of allylic oxidation sites excluding steroid dienone is 1. The molecule has 5 rings (SSSR count). The van der Waals surface area contributed by atoms with Crippen LogP contribution in [0, 0.1) is 18.3 Å². The summed E-state index contributed by atoms with van der Waals surface area (Å²) in [6, 6.07) is 6.16. The molecule has 8 nitrogen and oxygen atoms in total. The predicted octanol–water partition coefficient (Wildman–Crippen LogP) is 3.80. The number of nitriles is 1. The minimum absolute atomic E-state index is 0.0179.